The van der Waals surface area contributed by atoms with E-state index in [2.05, 4.69) is 0 Å². The summed E-state index contributed by atoms with van der Waals surface area (Å²) in [6, 6.07) is 53.9. The number of amides is 8. The van der Waals surface area contributed by atoms with Crippen LogP contribution in [-0.4, -0.2) is 133 Å². The van der Waals surface area contributed by atoms with E-state index in [0.717, 1.165) is 53.6 Å². The molecule has 11 aromatic rings. The lowest BCUT2D eigenvalue weighted by Gasteiger charge is -2.37. The summed E-state index contributed by atoms with van der Waals surface area (Å²) in [4.78, 5) is 138. The number of imide groups is 4. The van der Waals surface area contributed by atoms with Gasteiger partial charge in [-0.05, 0) is 112 Å². The van der Waals surface area contributed by atoms with Gasteiger partial charge in [0.25, 0.3) is 47.3 Å². The van der Waals surface area contributed by atoms with E-state index in [1.54, 1.807) is 116 Å². The van der Waals surface area contributed by atoms with Crippen LogP contribution in [0.4, 0.5) is 34.6 Å². The Bertz CT molecular complexity index is 4650. The fourth-order valence-corrected chi connectivity index (χ4v) is 15.0. The van der Waals surface area contributed by atoms with E-state index in [-0.39, 0.29) is 97.1 Å². The smallest absolute Gasteiger partial charge is 0.279 e. The van der Waals surface area contributed by atoms with Crippen LogP contribution in [0.1, 0.15) is 151 Å². The number of fused-ring (bicyclic) bond motifs is 8. The van der Waals surface area contributed by atoms with Gasteiger partial charge < -0.3 is 0 Å². The zero-order valence-electron chi connectivity index (χ0n) is 55.3. The normalized spacial score (nSPS) is 15.3. The average Bonchev–Trinajstić information content (AvgIpc) is 1.52. The van der Waals surface area contributed by atoms with Crippen molar-refractivity contribution in [1.82, 2.24) is 59.4 Å². The van der Waals surface area contributed by atoms with Crippen LogP contribution < -0.4 is 9.80 Å². The zero-order chi connectivity index (χ0) is 69.9. The van der Waals surface area contributed by atoms with Crippen LogP contribution in [-0.2, 0) is 45.5 Å². The minimum atomic E-state index is -0.586. The molecule has 0 aliphatic carbocycles. The van der Waals surface area contributed by atoms with Gasteiger partial charge in [-0.1, -0.05) is 109 Å². The van der Waals surface area contributed by atoms with E-state index in [9.17, 15) is 38.4 Å². The molecule has 0 saturated carbocycles. The number of benzene rings is 7. The first-order valence-electron chi connectivity index (χ1n) is 33.2. The monoisotopic (exact) mass is 1360 g/mol. The summed E-state index contributed by atoms with van der Waals surface area (Å²) in [5, 5.41) is 24.1. The highest BCUT2D eigenvalue weighted by molar-refractivity contribution is 6.22. The third kappa shape index (κ3) is 9.84. The first-order valence-corrected chi connectivity index (χ1v) is 33.2. The number of hydroxylamine groups is 8. The summed E-state index contributed by atoms with van der Waals surface area (Å²) < 4.78 is 7.17. The highest BCUT2D eigenvalue weighted by Crippen LogP contribution is 2.57. The molecule has 26 heteroatoms. The summed E-state index contributed by atoms with van der Waals surface area (Å²) in [5.74, 6) is -3.24. The molecule has 6 aliphatic heterocycles. The van der Waals surface area contributed by atoms with Crippen molar-refractivity contribution in [3.05, 3.63) is 283 Å². The van der Waals surface area contributed by atoms with Crippen molar-refractivity contribution in [3.8, 4) is 0 Å². The topological polar surface area (TPSA) is 264 Å². The van der Waals surface area contributed by atoms with Gasteiger partial charge in [-0.2, -0.15) is 20.4 Å². The van der Waals surface area contributed by atoms with Crippen molar-refractivity contribution >= 4 is 81.9 Å². The van der Waals surface area contributed by atoms with Crippen molar-refractivity contribution in [1.29, 1.82) is 0 Å². The Labute approximate surface area is 581 Å². The molecule has 0 radical (unpaired) electrons. The summed E-state index contributed by atoms with van der Waals surface area (Å²) in [6.45, 7) is 7.18. The predicted molar refractivity (Wildman–Crippen MR) is 364 cm³/mol. The number of aromatic nitrogens is 8. The molecule has 7 aromatic carbocycles. The van der Waals surface area contributed by atoms with E-state index < -0.39 is 59.1 Å². The standard InChI is InChI=1S/C76H60N14O12/c1-43-59-63(47-19-7-5-8-20-47)60-44(2)78-82(36-40-100-88-71(93)53-25-13-14-26-54(53)72(88)94)66(60)85(65(59)81(77-43)35-39-99-87-69(91)51-23-11-12-24-52(51)70(87)92)49-31-33-50(34-32-49)86-67-61(45(3)79-83(67)37-41-101-89-73(95)55-27-15-16-28-56(55)74(89)96)64(48-21-9-6-10-22-48)62-46(4)80-84(68(62)86)38-42-102-90-75(97)57-29-17-18-30-58(57)76(90)98/h5-34,63-64H,35-42H2,1-4H3. The molecule has 0 saturated heterocycles. The Morgan fingerprint density at radius 3 is 0.676 bits per heavy atom. The molecule has 0 N–H and O–H groups in total. The first kappa shape index (κ1) is 62.9. The first-order chi connectivity index (χ1) is 49.7. The van der Waals surface area contributed by atoms with Gasteiger partial charge in [0, 0.05) is 45.5 Å². The van der Waals surface area contributed by atoms with E-state index >= 15 is 0 Å². The minimum Gasteiger partial charge on any atom is -0.279 e. The number of anilines is 6. The molecule has 0 bridgehead atoms. The maximum atomic E-state index is 13.7. The maximum absolute atomic E-state index is 13.7. The summed E-state index contributed by atoms with van der Waals surface area (Å²) in [7, 11) is 0. The van der Waals surface area contributed by atoms with E-state index in [0.29, 0.717) is 57.4 Å². The fourth-order valence-electron chi connectivity index (χ4n) is 15.0. The van der Waals surface area contributed by atoms with Gasteiger partial charge in [0.2, 0.25) is 0 Å². The molecule has 0 fully saturated rings. The predicted octanol–water partition coefficient (Wildman–Crippen LogP) is 10.5. The molecule has 4 aromatic heterocycles. The lowest BCUT2D eigenvalue weighted by molar-refractivity contribution is -0.0943. The maximum Gasteiger partial charge on any atom is 0.285 e. The van der Waals surface area contributed by atoms with Crippen LogP contribution in [0.15, 0.2) is 182 Å². The highest BCUT2D eigenvalue weighted by atomic mass is 16.7. The van der Waals surface area contributed by atoms with Crippen LogP contribution in [0.3, 0.4) is 0 Å². The molecule has 10 heterocycles. The van der Waals surface area contributed by atoms with Crippen LogP contribution in [0, 0.1) is 27.7 Å². The second-order valence-corrected chi connectivity index (χ2v) is 25.2. The number of hydrogen-bond acceptors (Lipinski definition) is 18. The molecule has 0 unspecified atom stereocenters. The number of aryl methyl sites for hydroxylation is 4. The second-order valence-electron chi connectivity index (χ2n) is 25.2. The summed E-state index contributed by atoms with van der Waals surface area (Å²) >= 11 is 0. The van der Waals surface area contributed by atoms with Crippen LogP contribution >= 0.6 is 0 Å². The van der Waals surface area contributed by atoms with E-state index in [4.69, 9.17) is 39.7 Å². The van der Waals surface area contributed by atoms with Gasteiger partial charge in [0.15, 0.2) is 0 Å². The molecular weight excluding hydrogens is 1300 g/mol. The third-order valence-corrected chi connectivity index (χ3v) is 19.3. The number of carbonyl (C=O) groups excluding carboxylic acids is 8. The van der Waals surface area contributed by atoms with Crippen LogP contribution in [0.5, 0.6) is 0 Å². The van der Waals surface area contributed by atoms with Crippen molar-refractivity contribution < 1.29 is 57.7 Å². The molecule has 0 atom stereocenters. The van der Waals surface area contributed by atoms with Gasteiger partial charge in [0.1, 0.15) is 23.3 Å². The van der Waals surface area contributed by atoms with Crippen LogP contribution in [0.25, 0.3) is 0 Å². The Morgan fingerprint density at radius 1 is 0.275 bits per heavy atom. The zero-order valence-corrected chi connectivity index (χ0v) is 55.3. The Morgan fingerprint density at radius 2 is 0.471 bits per heavy atom. The minimum absolute atomic E-state index is 0.0348. The van der Waals surface area contributed by atoms with Crippen LogP contribution in [0.2, 0.25) is 0 Å². The molecular formula is C76H60N14O12. The molecule has 17 rings (SSSR count). The van der Waals surface area contributed by atoms with Gasteiger partial charge in [-0.15, -0.1) is 20.3 Å². The lowest BCUT2D eigenvalue weighted by atomic mass is 9.81. The van der Waals surface area contributed by atoms with Gasteiger partial charge in [-0.3, -0.25) is 67.5 Å². The van der Waals surface area contributed by atoms with E-state index in [1.165, 1.54) is 0 Å². The van der Waals surface area contributed by atoms with Crippen molar-refractivity contribution in [2.45, 2.75) is 65.7 Å². The fraction of sp³-hybridized carbons (Fsp3) is 0.184. The summed E-state index contributed by atoms with van der Waals surface area (Å²) in [6.07, 6.45) is 0. The SMILES string of the molecule is Cc1nn(CCON2C(=O)c3ccccc3C2=O)c2c1C(c1ccccc1)c1c(C)nn(CCON3C(=O)c4ccccc4C3=O)c1N2c1ccc(N2c3c(c(C)nn3CCON3C(=O)c4ccccc4C3=O)C(c3ccccc3)c3c(C)nn(CCON4C(=O)c5ccccc5C4=O)c32)cc1. The third-order valence-electron chi connectivity index (χ3n) is 19.3. The van der Waals surface area contributed by atoms with Crippen molar-refractivity contribution in [2.24, 2.45) is 0 Å². The lowest BCUT2D eigenvalue weighted by Crippen LogP contribution is -2.33. The van der Waals surface area contributed by atoms with Crippen molar-refractivity contribution in [2.75, 3.05) is 36.2 Å². The Kier molecular flexibility index (Phi) is 15.2. The quantitative estimate of drug-likeness (QED) is 0.0642. The summed E-state index contributed by atoms with van der Waals surface area (Å²) in [5.41, 5.74) is 10.9. The molecule has 26 nitrogen and oxygen atoms in total. The molecule has 102 heavy (non-hydrogen) atoms. The largest absolute Gasteiger partial charge is 0.285 e. The van der Waals surface area contributed by atoms with E-state index in [1.807, 2.05) is 122 Å². The second kappa shape index (κ2) is 24.7. The Hall–Kier alpha value is -12.6. The average molecular weight is 1360 g/mol. The van der Waals surface area contributed by atoms with Gasteiger partial charge in [-0.25, -0.2) is 18.7 Å². The Balaban J connectivity index is 0.795. The van der Waals surface area contributed by atoms with Gasteiger partial charge >= 0.3 is 0 Å². The number of rotatable bonds is 20. The molecule has 506 valence electrons. The van der Waals surface area contributed by atoms with Gasteiger partial charge in [0.05, 0.1) is 120 Å². The molecule has 8 amide bonds. The van der Waals surface area contributed by atoms with Crippen molar-refractivity contribution in [3.63, 3.8) is 0 Å². The molecule has 0 spiro atoms. The number of carbonyl (C=O) groups is 8. The number of nitrogens with zero attached hydrogens (tertiary/aromatic N) is 14. The number of hydrogen-bond donors (Lipinski definition) is 0. The highest BCUT2D eigenvalue weighted by Gasteiger charge is 2.47. The molecule has 6 aliphatic rings.